The van der Waals surface area contributed by atoms with Crippen molar-refractivity contribution < 1.29 is 22.3 Å². The monoisotopic (exact) mass is 443 g/mol. The number of aromatic nitrogens is 2. The molecule has 3 rings (SSSR count). The minimum absolute atomic E-state index is 0.0824. The van der Waals surface area contributed by atoms with Gasteiger partial charge in [0.2, 0.25) is 0 Å². The molecule has 0 aliphatic heterocycles. The molecule has 28 heavy (non-hydrogen) atoms. The van der Waals surface area contributed by atoms with Crippen molar-refractivity contribution in [3.05, 3.63) is 70.5 Å². The zero-order valence-electron chi connectivity index (χ0n) is 14.2. The molecule has 0 saturated heterocycles. The molecule has 0 fully saturated rings. The van der Waals surface area contributed by atoms with Crippen LogP contribution in [0.25, 0.3) is 5.69 Å². The molecule has 1 amide bonds. The maximum Gasteiger partial charge on any atom is 0.285 e. The summed E-state index contributed by atoms with van der Waals surface area (Å²) in [6, 6.07) is 7.77. The number of benzene rings is 2. The Kier molecular flexibility index (Phi) is 5.59. The number of halogens is 3. The van der Waals surface area contributed by atoms with Crippen molar-refractivity contribution in [2.24, 2.45) is 0 Å². The van der Waals surface area contributed by atoms with Gasteiger partial charge in [0.25, 0.3) is 15.9 Å². The van der Waals surface area contributed by atoms with Gasteiger partial charge >= 0.3 is 0 Å². The van der Waals surface area contributed by atoms with E-state index in [-0.39, 0.29) is 26.4 Å². The molecular formula is C17H12Cl2FN3O4S. The van der Waals surface area contributed by atoms with Crippen LogP contribution in [-0.4, -0.2) is 31.0 Å². The van der Waals surface area contributed by atoms with Crippen LogP contribution in [0.1, 0.15) is 10.5 Å². The summed E-state index contributed by atoms with van der Waals surface area (Å²) >= 11 is 11.7. The number of amides is 1. The number of sulfonamides is 1. The summed E-state index contributed by atoms with van der Waals surface area (Å²) in [6.07, 6.45) is 2.47. The van der Waals surface area contributed by atoms with Gasteiger partial charge in [-0.1, -0.05) is 23.2 Å². The van der Waals surface area contributed by atoms with Gasteiger partial charge in [-0.3, -0.25) is 4.79 Å². The highest BCUT2D eigenvalue weighted by Gasteiger charge is 2.23. The lowest BCUT2D eigenvalue weighted by atomic mass is 10.3. The van der Waals surface area contributed by atoms with Gasteiger partial charge in [0.1, 0.15) is 28.5 Å². The van der Waals surface area contributed by atoms with E-state index in [4.69, 9.17) is 27.9 Å². The second kappa shape index (κ2) is 7.78. The number of hydrogen-bond acceptors (Lipinski definition) is 5. The van der Waals surface area contributed by atoms with Crippen LogP contribution in [0.2, 0.25) is 10.0 Å². The largest absolute Gasteiger partial charge is 0.497 e. The predicted molar refractivity (Wildman–Crippen MR) is 101 cm³/mol. The van der Waals surface area contributed by atoms with Gasteiger partial charge in [-0.05, 0) is 30.3 Å². The van der Waals surface area contributed by atoms with Gasteiger partial charge in [-0.25, -0.2) is 22.5 Å². The van der Waals surface area contributed by atoms with Crippen molar-refractivity contribution in [3.63, 3.8) is 0 Å². The van der Waals surface area contributed by atoms with E-state index >= 15 is 0 Å². The summed E-state index contributed by atoms with van der Waals surface area (Å²) < 4.78 is 46.7. The Morgan fingerprint density at radius 2 is 1.96 bits per heavy atom. The molecular weight excluding hydrogens is 432 g/mol. The second-order valence-corrected chi connectivity index (χ2v) is 8.02. The lowest BCUT2D eigenvalue weighted by Crippen LogP contribution is -2.31. The number of ether oxygens (including phenoxy) is 1. The summed E-state index contributed by atoms with van der Waals surface area (Å²) in [5, 5.41) is 0.0750. The zero-order valence-corrected chi connectivity index (χ0v) is 16.5. The molecule has 0 atom stereocenters. The molecule has 1 aromatic heterocycles. The molecule has 1 N–H and O–H groups in total. The van der Waals surface area contributed by atoms with Crippen molar-refractivity contribution in [3.8, 4) is 11.4 Å². The van der Waals surface area contributed by atoms with Crippen LogP contribution in [0.3, 0.4) is 0 Å². The predicted octanol–water partition coefficient (Wildman–Crippen LogP) is 3.45. The normalized spacial score (nSPS) is 11.3. The van der Waals surface area contributed by atoms with Gasteiger partial charge in [0.05, 0.1) is 17.8 Å². The first-order valence-electron chi connectivity index (χ1n) is 7.61. The molecule has 0 unspecified atom stereocenters. The lowest BCUT2D eigenvalue weighted by molar-refractivity contribution is 0.0977. The Bertz CT molecular complexity index is 1140. The van der Waals surface area contributed by atoms with Crippen LogP contribution in [-0.2, 0) is 10.0 Å². The van der Waals surface area contributed by atoms with E-state index in [1.54, 1.807) is 0 Å². The minimum atomic E-state index is -4.28. The summed E-state index contributed by atoms with van der Waals surface area (Å²) in [7, 11) is -2.92. The molecule has 0 spiro atoms. The molecule has 0 bridgehead atoms. The molecule has 1 heterocycles. The Hall–Kier alpha value is -2.62. The van der Waals surface area contributed by atoms with Crippen molar-refractivity contribution in [1.29, 1.82) is 0 Å². The van der Waals surface area contributed by atoms with E-state index in [0.717, 1.165) is 6.07 Å². The molecule has 3 aromatic rings. The van der Waals surface area contributed by atoms with Crippen LogP contribution < -0.4 is 9.46 Å². The molecule has 0 saturated carbocycles. The van der Waals surface area contributed by atoms with E-state index in [9.17, 15) is 17.6 Å². The number of hydrogen-bond donors (Lipinski definition) is 1. The van der Waals surface area contributed by atoms with Crippen LogP contribution in [0.5, 0.6) is 5.75 Å². The zero-order chi connectivity index (χ0) is 20.5. The maximum absolute atomic E-state index is 13.5. The van der Waals surface area contributed by atoms with Crippen molar-refractivity contribution in [1.82, 2.24) is 14.3 Å². The second-order valence-electron chi connectivity index (χ2n) is 5.52. The van der Waals surface area contributed by atoms with E-state index in [2.05, 4.69) is 4.98 Å². The van der Waals surface area contributed by atoms with E-state index in [0.29, 0.717) is 5.69 Å². The SMILES string of the molecule is COc1ccc(Cl)c(S(=O)(=O)NC(=O)c2cn(-c3cc(F)cc(Cl)c3)cn2)c1. The molecule has 2 aromatic carbocycles. The third-order valence-corrected chi connectivity index (χ3v) is 5.65. The quantitative estimate of drug-likeness (QED) is 0.651. The van der Waals surface area contributed by atoms with Crippen molar-refractivity contribution in [2.75, 3.05) is 7.11 Å². The van der Waals surface area contributed by atoms with Gasteiger partial charge < -0.3 is 9.30 Å². The fourth-order valence-corrected chi connectivity index (χ4v) is 4.01. The highest BCUT2D eigenvalue weighted by molar-refractivity contribution is 7.90. The maximum atomic E-state index is 13.5. The number of methoxy groups -OCH3 is 1. The van der Waals surface area contributed by atoms with E-state index in [1.165, 1.54) is 54.5 Å². The minimum Gasteiger partial charge on any atom is -0.497 e. The van der Waals surface area contributed by atoms with Crippen LogP contribution >= 0.6 is 23.2 Å². The third kappa shape index (κ3) is 4.27. The lowest BCUT2D eigenvalue weighted by Gasteiger charge is -2.09. The van der Waals surface area contributed by atoms with Crippen LogP contribution in [0, 0.1) is 5.82 Å². The van der Waals surface area contributed by atoms with Crippen molar-refractivity contribution >= 4 is 39.1 Å². The molecule has 0 aliphatic carbocycles. The topological polar surface area (TPSA) is 90.3 Å². The molecule has 0 radical (unpaired) electrons. The molecule has 0 aliphatic rings. The number of carbonyl (C=O) groups excluding carboxylic acids is 1. The highest BCUT2D eigenvalue weighted by atomic mass is 35.5. The number of carbonyl (C=O) groups is 1. The first kappa shape index (κ1) is 20.1. The van der Waals surface area contributed by atoms with Gasteiger partial charge in [-0.2, -0.15) is 0 Å². The van der Waals surface area contributed by atoms with Gasteiger partial charge in [-0.15, -0.1) is 0 Å². The number of rotatable bonds is 5. The summed E-state index contributed by atoms with van der Waals surface area (Å²) in [4.78, 5) is 15.9. The van der Waals surface area contributed by atoms with Crippen LogP contribution in [0.4, 0.5) is 4.39 Å². The number of nitrogens with one attached hydrogen (secondary N) is 1. The van der Waals surface area contributed by atoms with Crippen LogP contribution in [0.15, 0.2) is 53.8 Å². The fraction of sp³-hybridized carbons (Fsp3) is 0.0588. The number of imidazole rings is 1. The average molecular weight is 444 g/mol. The van der Waals surface area contributed by atoms with E-state index in [1.807, 2.05) is 4.72 Å². The summed E-state index contributed by atoms with van der Waals surface area (Å²) in [5.74, 6) is -1.30. The first-order chi connectivity index (χ1) is 13.2. The van der Waals surface area contributed by atoms with E-state index < -0.39 is 21.7 Å². The Labute approximate surface area is 169 Å². The first-order valence-corrected chi connectivity index (χ1v) is 9.84. The van der Waals surface area contributed by atoms with Crippen molar-refractivity contribution in [2.45, 2.75) is 4.90 Å². The Morgan fingerprint density at radius 3 is 2.64 bits per heavy atom. The summed E-state index contributed by atoms with van der Waals surface area (Å²) in [5.41, 5.74) is 0.109. The molecule has 146 valence electrons. The standard InChI is InChI=1S/C17H12Cl2FN3O4S/c1-27-13-2-3-14(19)16(7-13)28(25,26)22-17(24)15-8-23(9-21-15)12-5-10(18)4-11(20)6-12/h2-9H,1H3,(H,22,24). The Balaban J connectivity index is 1.86. The Morgan fingerprint density at radius 1 is 1.21 bits per heavy atom. The smallest absolute Gasteiger partial charge is 0.285 e. The van der Waals surface area contributed by atoms with Gasteiger partial charge in [0.15, 0.2) is 0 Å². The average Bonchev–Trinajstić information content (AvgIpc) is 3.11. The summed E-state index contributed by atoms with van der Waals surface area (Å²) in [6.45, 7) is 0. The number of nitrogens with zero attached hydrogens (tertiary/aromatic N) is 2. The van der Waals surface area contributed by atoms with Gasteiger partial charge in [0, 0.05) is 17.3 Å². The molecule has 11 heteroatoms. The fourth-order valence-electron chi connectivity index (χ4n) is 2.32. The highest BCUT2D eigenvalue weighted by Crippen LogP contribution is 2.26. The molecule has 7 nitrogen and oxygen atoms in total. The third-order valence-electron chi connectivity index (χ3n) is 3.62.